The van der Waals surface area contributed by atoms with E-state index in [2.05, 4.69) is 27.3 Å². The molecule has 1 N–H and O–H groups in total. The molecule has 122 valence electrons. The fourth-order valence-corrected chi connectivity index (χ4v) is 3.18. The summed E-state index contributed by atoms with van der Waals surface area (Å²) in [4.78, 5) is 19.2. The molecule has 1 amide bonds. The van der Waals surface area contributed by atoms with E-state index in [1.165, 1.54) is 18.5 Å². The molecule has 0 spiro atoms. The number of amides is 1. The number of aromatic nitrogens is 2. The Labute approximate surface area is 140 Å². The van der Waals surface area contributed by atoms with Crippen LogP contribution in [0.4, 0.5) is 11.4 Å². The summed E-state index contributed by atoms with van der Waals surface area (Å²) in [6.07, 6.45) is 4.29. The molecule has 0 saturated carbocycles. The lowest BCUT2D eigenvalue weighted by atomic mass is 10.2. The van der Waals surface area contributed by atoms with Crippen molar-refractivity contribution in [3.05, 3.63) is 60.0 Å². The van der Waals surface area contributed by atoms with E-state index in [1.807, 2.05) is 41.7 Å². The lowest BCUT2D eigenvalue weighted by Gasteiger charge is -2.17. The minimum Gasteiger partial charge on any atom is -0.372 e. The molecule has 3 aromatic rings. The van der Waals surface area contributed by atoms with Crippen LogP contribution in [0.2, 0.25) is 0 Å². The minimum atomic E-state index is -0.188. The molecule has 0 atom stereocenters. The number of imidazole rings is 1. The van der Waals surface area contributed by atoms with Crippen LogP contribution < -0.4 is 10.2 Å². The fourth-order valence-electron chi connectivity index (χ4n) is 3.18. The van der Waals surface area contributed by atoms with E-state index in [9.17, 15) is 4.79 Å². The number of carbonyl (C=O) groups excluding carboxylic acids is 1. The van der Waals surface area contributed by atoms with Crippen LogP contribution in [0.25, 0.3) is 5.65 Å². The molecule has 1 aliphatic heterocycles. The van der Waals surface area contributed by atoms with Gasteiger partial charge in [-0.1, -0.05) is 6.07 Å². The summed E-state index contributed by atoms with van der Waals surface area (Å²) in [5, 5.41) is 2.92. The Hall–Kier alpha value is -2.82. The van der Waals surface area contributed by atoms with Crippen LogP contribution in [0.5, 0.6) is 0 Å². The Bertz CT molecular complexity index is 876. The van der Waals surface area contributed by atoms with E-state index < -0.39 is 0 Å². The molecule has 3 heterocycles. The molecular formula is C19H20N4O. The number of benzene rings is 1. The zero-order valence-electron chi connectivity index (χ0n) is 13.7. The van der Waals surface area contributed by atoms with Gasteiger partial charge in [0.2, 0.25) is 0 Å². The van der Waals surface area contributed by atoms with Gasteiger partial charge in [-0.15, -0.1) is 0 Å². The Morgan fingerprint density at radius 1 is 1.08 bits per heavy atom. The number of fused-ring (bicyclic) bond motifs is 1. The van der Waals surface area contributed by atoms with Crippen LogP contribution in [0.1, 0.15) is 29.0 Å². The van der Waals surface area contributed by atoms with Gasteiger partial charge in [-0.3, -0.25) is 4.79 Å². The number of pyridine rings is 1. The number of rotatable bonds is 3. The molecule has 1 aliphatic rings. The van der Waals surface area contributed by atoms with Crippen LogP contribution in [0.3, 0.4) is 0 Å². The van der Waals surface area contributed by atoms with Gasteiger partial charge >= 0.3 is 0 Å². The maximum atomic E-state index is 12.4. The second-order valence-electron chi connectivity index (χ2n) is 6.22. The first-order chi connectivity index (χ1) is 11.7. The van der Waals surface area contributed by atoms with Gasteiger partial charge in [0, 0.05) is 36.4 Å². The lowest BCUT2D eigenvalue weighted by molar-refractivity contribution is 0.102. The summed E-state index contributed by atoms with van der Waals surface area (Å²) in [7, 11) is 0. The van der Waals surface area contributed by atoms with Gasteiger partial charge in [0.25, 0.3) is 5.91 Å². The van der Waals surface area contributed by atoms with Crippen molar-refractivity contribution in [1.82, 2.24) is 9.38 Å². The van der Waals surface area contributed by atoms with Crippen LogP contribution in [0, 0.1) is 6.92 Å². The highest BCUT2D eigenvalue weighted by molar-refractivity contribution is 6.03. The Kier molecular flexibility index (Phi) is 3.69. The third kappa shape index (κ3) is 2.73. The SMILES string of the molecule is Cc1cccc2nc(C(=O)Nc3ccc(N4CCCC4)cc3)cn12. The van der Waals surface area contributed by atoms with E-state index in [0.29, 0.717) is 5.69 Å². The fraction of sp³-hybridized carbons (Fsp3) is 0.263. The van der Waals surface area contributed by atoms with Crippen molar-refractivity contribution in [2.75, 3.05) is 23.3 Å². The van der Waals surface area contributed by atoms with Gasteiger partial charge in [-0.05, 0) is 56.2 Å². The molecule has 1 saturated heterocycles. The van der Waals surface area contributed by atoms with Crippen molar-refractivity contribution in [1.29, 1.82) is 0 Å². The number of nitrogens with one attached hydrogen (secondary N) is 1. The van der Waals surface area contributed by atoms with E-state index in [0.717, 1.165) is 30.1 Å². The first kappa shape index (κ1) is 14.8. The molecule has 0 aliphatic carbocycles. The summed E-state index contributed by atoms with van der Waals surface area (Å²) >= 11 is 0. The molecule has 4 rings (SSSR count). The van der Waals surface area contributed by atoms with Crippen molar-refractivity contribution in [2.24, 2.45) is 0 Å². The topological polar surface area (TPSA) is 49.6 Å². The lowest BCUT2D eigenvalue weighted by Crippen LogP contribution is -2.17. The highest BCUT2D eigenvalue weighted by Gasteiger charge is 2.14. The summed E-state index contributed by atoms with van der Waals surface area (Å²) in [5.41, 5.74) is 4.26. The van der Waals surface area contributed by atoms with E-state index in [4.69, 9.17) is 0 Å². The molecular weight excluding hydrogens is 300 g/mol. The normalized spacial score (nSPS) is 14.3. The van der Waals surface area contributed by atoms with Crippen molar-refractivity contribution in [3.8, 4) is 0 Å². The van der Waals surface area contributed by atoms with Crippen molar-refractivity contribution in [3.63, 3.8) is 0 Å². The molecule has 2 aromatic heterocycles. The second-order valence-corrected chi connectivity index (χ2v) is 6.22. The first-order valence-electron chi connectivity index (χ1n) is 8.32. The summed E-state index contributed by atoms with van der Waals surface area (Å²) in [6, 6.07) is 13.9. The third-order valence-corrected chi connectivity index (χ3v) is 4.52. The molecule has 0 bridgehead atoms. The zero-order valence-corrected chi connectivity index (χ0v) is 13.7. The summed E-state index contributed by atoms with van der Waals surface area (Å²) in [5.74, 6) is -0.188. The van der Waals surface area contributed by atoms with Gasteiger partial charge in [0.15, 0.2) is 0 Å². The highest BCUT2D eigenvalue weighted by Crippen LogP contribution is 2.22. The molecule has 5 heteroatoms. The standard InChI is InChI=1S/C19H20N4O/c1-14-5-4-6-18-21-17(13-23(14)18)19(24)20-15-7-9-16(10-8-15)22-11-2-3-12-22/h4-10,13H,2-3,11-12H2,1H3,(H,20,24). The second kappa shape index (κ2) is 6.00. The van der Waals surface area contributed by atoms with Crippen LogP contribution >= 0.6 is 0 Å². The van der Waals surface area contributed by atoms with Crippen LogP contribution in [-0.4, -0.2) is 28.4 Å². The predicted octanol–water partition coefficient (Wildman–Crippen LogP) is 3.50. The van der Waals surface area contributed by atoms with Gasteiger partial charge < -0.3 is 14.6 Å². The van der Waals surface area contributed by atoms with E-state index >= 15 is 0 Å². The van der Waals surface area contributed by atoms with E-state index in [-0.39, 0.29) is 5.91 Å². The number of carbonyl (C=O) groups is 1. The maximum Gasteiger partial charge on any atom is 0.275 e. The van der Waals surface area contributed by atoms with Crippen LogP contribution in [0.15, 0.2) is 48.7 Å². The average molecular weight is 320 g/mol. The molecule has 0 radical (unpaired) electrons. The highest BCUT2D eigenvalue weighted by atomic mass is 16.1. The number of aryl methyl sites for hydroxylation is 1. The number of anilines is 2. The first-order valence-corrected chi connectivity index (χ1v) is 8.32. The summed E-state index contributed by atoms with van der Waals surface area (Å²) in [6.45, 7) is 4.23. The Morgan fingerprint density at radius 3 is 2.54 bits per heavy atom. The molecule has 1 aromatic carbocycles. The quantitative estimate of drug-likeness (QED) is 0.803. The van der Waals surface area contributed by atoms with Gasteiger partial charge in [-0.25, -0.2) is 4.98 Å². The smallest absolute Gasteiger partial charge is 0.275 e. The number of nitrogens with zero attached hydrogens (tertiary/aromatic N) is 3. The molecule has 24 heavy (non-hydrogen) atoms. The Morgan fingerprint density at radius 2 is 1.83 bits per heavy atom. The number of hydrogen-bond acceptors (Lipinski definition) is 3. The zero-order chi connectivity index (χ0) is 16.5. The van der Waals surface area contributed by atoms with Crippen molar-refractivity contribution < 1.29 is 4.79 Å². The third-order valence-electron chi connectivity index (χ3n) is 4.52. The maximum absolute atomic E-state index is 12.4. The number of hydrogen-bond donors (Lipinski definition) is 1. The monoisotopic (exact) mass is 320 g/mol. The molecule has 5 nitrogen and oxygen atoms in total. The predicted molar refractivity (Wildman–Crippen MR) is 95.8 cm³/mol. The minimum absolute atomic E-state index is 0.188. The average Bonchev–Trinajstić information content (AvgIpc) is 3.26. The van der Waals surface area contributed by atoms with Crippen molar-refractivity contribution in [2.45, 2.75) is 19.8 Å². The Balaban J connectivity index is 1.51. The summed E-state index contributed by atoms with van der Waals surface area (Å²) < 4.78 is 1.92. The largest absolute Gasteiger partial charge is 0.372 e. The van der Waals surface area contributed by atoms with Gasteiger partial charge in [0.1, 0.15) is 11.3 Å². The van der Waals surface area contributed by atoms with Gasteiger partial charge in [0.05, 0.1) is 0 Å². The van der Waals surface area contributed by atoms with E-state index in [1.54, 1.807) is 6.20 Å². The van der Waals surface area contributed by atoms with Crippen molar-refractivity contribution >= 4 is 22.9 Å². The van der Waals surface area contributed by atoms with Gasteiger partial charge in [-0.2, -0.15) is 0 Å². The molecule has 0 unspecified atom stereocenters. The van der Waals surface area contributed by atoms with Crippen LogP contribution in [-0.2, 0) is 0 Å². The molecule has 1 fully saturated rings.